The minimum atomic E-state index is -0.314. The van der Waals surface area contributed by atoms with Crippen LogP contribution in [0.1, 0.15) is 13.3 Å². The number of rotatable bonds is 5. The molecule has 7 heteroatoms. The summed E-state index contributed by atoms with van der Waals surface area (Å²) < 4.78 is 13.7. The van der Waals surface area contributed by atoms with E-state index in [1.165, 1.54) is 6.07 Å². The zero-order valence-electron chi connectivity index (χ0n) is 13.1. The van der Waals surface area contributed by atoms with Crippen molar-refractivity contribution in [3.63, 3.8) is 0 Å². The SMILES string of the molecule is CSCCC(C)NC(=O)N1CCN(c2ncccc2F)CC1. The predicted octanol–water partition coefficient (Wildman–Crippen LogP) is 2.19. The van der Waals surface area contributed by atoms with E-state index < -0.39 is 0 Å². The standard InChI is InChI=1S/C15H23FN4OS/c1-12(5-11-22-2)18-15(21)20-9-7-19(8-10-20)14-13(16)4-3-6-17-14/h3-4,6,12H,5,7-11H2,1-2H3,(H,18,21). The van der Waals surface area contributed by atoms with Crippen molar-refractivity contribution in [1.29, 1.82) is 0 Å². The molecule has 0 aliphatic carbocycles. The Morgan fingerprint density at radius 1 is 1.45 bits per heavy atom. The molecule has 0 bridgehead atoms. The molecule has 0 radical (unpaired) electrons. The maximum Gasteiger partial charge on any atom is 0.317 e. The molecular formula is C15H23FN4OS. The fraction of sp³-hybridized carbons (Fsp3) is 0.600. The van der Waals surface area contributed by atoms with E-state index in [9.17, 15) is 9.18 Å². The molecule has 0 spiro atoms. The van der Waals surface area contributed by atoms with Crippen molar-refractivity contribution >= 4 is 23.6 Å². The third-order valence-corrected chi connectivity index (χ3v) is 4.37. The Bertz CT molecular complexity index is 494. The van der Waals surface area contributed by atoms with Crippen LogP contribution in [0, 0.1) is 5.82 Å². The Morgan fingerprint density at radius 3 is 2.82 bits per heavy atom. The molecule has 0 aromatic carbocycles. The van der Waals surface area contributed by atoms with Crippen LogP contribution in [0.15, 0.2) is 18.3 Å². The summed E-state index contributed by atoms with van der Waals surface area (Å²) in [7, 11) is 0. The van der Waals surface area contributed by atoms with E-state index in [1.54, 1.807) is 28.9 Å². The highest BCUT2D eigenvalue weighted by atomic mass is 32.2. The summed E-state index contributed by atoms with van der Waals surface area (Å²) in [6.45, 7) is 4.38. The maximum absolute atomic E-state index is 13.7. The number of piperazine rings is 1. The van der Waals surface area contributed by atoms with E-state index in [0.29, 0.717) is 32.0 Å². The van der Waals surface area contributed by atoms with Gasteiger partial charge in [-0.05, 0) is 37.5 Å². The van der Waals surface area contributed by atoms with Gasteiger partial charge in [-0.25, -0.2) is 14.2 Å². The average molecular weight is 326 g/mol. The molecule has 1 N–H and O–H groups in total. The Hall–Kier alpha value is -1.50. The van der Waals surface area contributed by atoms with Crippen LogP contribution in [-0.4, -0.2) is 60.1 Å². The van der Waals surface area contributed by atoms with Crippen LogP contribution in [0.5, 0.6) is 0 Å². The molecule has 1 saturated heterocycles. The van der Waals surface area contributed by atoms with Gasteiger partial charge in [-0.3, -0.25) is 0 Å². The molecule has 1 aliphatic rings. The number of hydrogen-bond acceptors (Lipinski definition) is 4. The van der Waals surface area contributed by atoms with Gasteiger partial charge in [-0.15, -0.1) is 0 Å². The summed E-state index contributed by atoms with van der Waals surface area (Å²) in [5.74, 6) is 1.09. The normalized spacial score (nSPS) is 16.5. The van der Waals surface area contributed by atoms with Crippen molar-refractivity contribution < 1.29 is 9.18 Å². The lowest BCUT2D eigenvalue weighted by Crippen LogP contribution is -2.53. The fourth-order valence-electron chi connectivity index (χ4n) is 2.40. The Morgan fingerprint density at radius 2 is 2.18 bits per heavy atom. The topological polar surface area (TPSA) is 48.5 Å². The molecule has 1 aliphatic heterocycles. The van der Waals surface area contributed by atoms with Crippen molar-refractivity contribution in [3.05, 3.63) is 24.1 Å². The summed E-state index contributed by atoms with van der Waals surface area (Å²) >= 11 is 1.78. The van der Waals surface area contributed by atoms with E-state index in [2.05, 4.69) is 16.6 Å². The van der Waals surface area contributed by atoms with Crippen LogP contribution in [0.25, 0.3) is 0 Å². The summed E-state index contributed by atoms with van der Waals surface area (Å²) in [5.41, 5.74) is 0. The zero-order valence-corrected chi connectivity index (χ0v) is 13.9. The maximum atomic E-state index is 13.7. The summed E-state index contributed by atoms with van der Waals surface area (Å²) in [6.07, 6.45) is 4.61. The first kappa shape index (κ1) is 16.9. The number of aromatic nitrogens is 1. The van der Waals surface area contributed by atoms with E-state index in [-0.39, 0.29) is 17.9 Å². The van der Waals surface area contributed by atoms with Gasteiger partial charge in [0.05, 0.1) is 0 Å². The lowest BCUT2D eigenvalue weighted by atomic mass is 10.2. The lowest BCUT2D eigenvalue weighted by Gasteiger charge is -2.36. The summed E-state index contributed by atoms with van der Waals surface area (Å²) in [6, 6.07) is 3.13. The second-order valence-electron chi connectivity index (χ2n) is 5.41. The molecule has 1 aromatic heterocycles. The first-order chi connectivity index (χ1) is 10.6. The van der Waals surface area contributed by atoms with E-state index in [4.69, 9.17) is 0 Å². The van der Waals surface area contributed by atoms with Crippen molar-refractivity contribution in [2.45, 2.75) is 19.4 Å². The van der Waals surface area contributed by atoms with Crippen molar-refractivity contribution in [2.24, 2.45) is 0 Å². The molecule has 2 heterocycles. The number of hydrogen-bond donors (Lipinski definition) is 1. The second kappa shape index (κ2) is 8.22. The number of thioether (sulfide) groups is 1. The highest BCUT2D eigenvalue weighted by Gasteiger charge is 2.23. The van der Waals surface area contributed by atoms with Gasteiger partial charge < -0.3 is 15.1 Å². The highest BCUT2D eigenvalue weighted by Crippen LogP contribution is 2.17. The van der Waals surface area contributed by atoms with E-state index >= 15 is 0 Å². The third-order valence-electron chi connectivity index (χ3n) is 3.73. The highest BCUT2D eigenvalue weighted by molar-refractivity contribution is 7.98. The van der Waals surface area contributed by atoms with Crippen molar-refractivity contribution in [2.75, 3.05) is 43.1 Å². The predicted molar refractivity (Wildman–Crippen MR) is 89.0 cm³/mol. The monoisotopic (exact) mass is 326 g/mol. The number of urea groups is 1. The van der Waals surface area contributed by atoms with E-state index in [0.717, 1.165) is 12.2 Å². The van der Waals surface area contributed by atoms with Gasteiger partial charge in [0.1, 0.15) is 0 Å². The van der Waals surface area contributed by atoms with Crippen LogP contribution < -0.4 is 10.2 Å². The molecule has 1 unspecified atom stereocenters. The quantitative estimate of drug-likeness (QED) is 0.901. The lowest BCUT2D eigenvalue weighted by molar-refractivity contribution is 0.190. The van der Waals surface area contributed by atoms with Crippen LogP contribution in [0.4, 0.5) is 15.0 Å². The Kier molecular flexibility index (Phi) is 6.30. The molecule has 2 rings (SSSR count). The van der Waals surface area contributed by atoms with Gasteiger partial charge in [0.25, 0.3) is 0 Å². The minimum Gasteiger partial charge on any atom is -0.351 e. The van der Waals surface area contributed by atoms with Crippen LogP contribution in [0.3, 0.4) is 0 Å². The van der Waals surface area contributed by atoms with Crippen molar-refractivity contribution in [3.8, 4) is 0 Å². The third kappa shape index (κ3) is 4.50. The molecule has 1 atom stereocenters. The second-order valence-corrected chi connectivity index (χ2v) is 6.40. The molecule has 5 nitrogen and oxygen atoms in total. The first-order valence-electron chi connectivity index (χ1n) is 7.51. The van der Waals surface area contributed by atoms with Gasteiger partial charge in [0, 0.05) is 38.4 Å². The number of halogens is 1. The number of anilines is 1. The summed E-state index contributed by atoms with van der Waals surface area (Å²) in [4.78, 5) is 19.9. The van der Waals surface area contributed by atoms with Gasteiger partial charge in [0.15, 0.2) is 11.6 Å². The van der Waals surface area contributed by atoms with Gasteiger partial charge in [-0.1, -0.05) is 0 Å². The Labute approximate surface area is 135 Å². The van der Waals surface area contributed by atoms with Gasteiger partial charge in [0.2, 0.25) is 0 Å². The number of nitrogens with one attached hydrogen (secondary N) is 1. The fourth-order valence-corrected chi connectivity index (χ4v) is 2.99. The zero-order chi connectivity index (χ0) is 15.9. The number of pyridine rings is 1. The number of carbonyl (C=O) groups excluding carboxylic acids is 1. The Balaban J connectivity index is 1.82. The molecule has 0 saturated carbocycles. The van der Waals surface area contributed by atoms with Crippen LogP contribution >= 0.6 is 11.8 Å². The summed E-state index contributed by atoms with van der Waals surface area (Å²) in [5, 5.41) is 3.02. The molecule has 2 amide bonds. The largest absolute Gasteiger partial charge is 0.351 e. The van der Waals surface area contributed by atoms with Gasteiger partial charge in [-0.2, -0.15) is 11.8 Å². The molecule has 1 fully saturated rings. The smallest absolute Gasteiger partial charge is 0.317 e. The van der Waals surface area contributed by atoms with E-state index in [1.807, 2.05) is 11.8 Å². The van der Waals surface area contributed by atoms with Crippen molar-refractivity contribution in [1.82, 2.24) is 15.2 Å². The first-order valence-corrected chi connectivity index (χ1v) is 8.91. The molecular weight excluding hydrogens is 303 g/mol. The molecule has 22 heavy (non-hydrogen) atoms. The molecule has 122 valence electrons. The average Bonchev–Trinajstić information content (AvgIpc) is 2.53. The minimum absolute atomic E-state index is 0.0326. The van der Waals surface area contributed by atoms with Crippen LogP contribution in [0.2, 0.25) is 0 Å². The number of nitrogens with zero attached hydrogens (tertiary/aromatic N) is 3. The van der Waals surface area contributed by atoms with Gasteiger partial charge >= 0.3 is 6.03 Å². The number of carbonyl (C=O) groups is 1. The molecule has 1 aromatic rings. The van der Waals surface area contributed by atoms with Crippen LogP contribution in [-0.2, 0) is 0 Å². The number of amides is 2.